The third kappa shape index (κ3) is 3.36. The number of benzene rings is 2. The van der Waals surface area contributed by atoms with Gasteiger partial charge in [0.2, 0.25) is 0 Å². The van der Waals surface area contributed by atoms with Crippen LogP contribution in [0, 0.1) is 5.82 Å². The molecule has 1 aliphatic heterocycles. The average molecular weight is 401 g/mol. The molecule has 4 rings (SSSR count). The maximum Gasteiger partial charge on any atom is 0.158 e. The molecular formula is C21H18ClFN2O3. The van der Waals surface area contributed by atoms with Crippen molar-refractivity contribution in [1.29, 1.82) is 0 Å². The van der Waals surface area contributed by atoms with E-state index in [0.717, 1.165) is 16.5 Å². The minimum atomic E-state index is -0.497. The second-order valence-corrected chi connectivity index (χ2v) is 7.27. The van der Waals surface area contributed by atoms with Gasteiger partial charge in [-0.15, -0.1) is 0 Å². The Kier molecular flexibility index (Phi) is 4.81. The summed E-state index contributed by atoms with van der Waals surface area (Å²) in [6, 6.07) is 8.92. The van der Waals surface area contributed by atoms with Gasteiger partial charge in [-0.1, -0.05) is 17.7 Å². The molecule has 0 fully saturated rings. The molecule has 0 N–H and O–H groups in total. The smallest absolute Gasteiger partial charge is 0.158 e. The van der Waals surface area contributed by atoms with E-state index >= 15 is 0 Å². The van der Waals surface area contributed by atoms with Crippen molar-refractivity contribution < 1.29 is 18.7 Å². The lowest BCUT2D eigenvalue weighted by molar-refractivity contribution is -0.105. The van der Waals surface area contributed by atoms with Crippen LogP contribution >= 0.6 is 11.6 Å². The molecular weight excluding hydrogens is 383 g/mol. The summed E-state index contributed by atoms with van der Waals surface area (Å²) in [7, 11) is 0. The van der Waals surface area contributed by atoms with Gasteiger partial charge in [0.25, 0.3) is 0 Å². The molecule has 0 amide bonds. The minimum Gasteiger partial charge on any atom is -0.489 e. The summed E-state index contributed by atoms with van der Waals surface area (Å²) in [5.74, 6) is 0.212. The topological polar surface area (TPSA) is 53.4 Å². The summed E-state index contributed by atoms with van der Waals surface area (Å²) in [6.45, 7) is 4.45. The van der Waals surface area contributed by atoms with Gasteiger partial charge in [-0.05, 0) is 37.6 Å². The van der Waals surface area contributed by atoms with E-state index in [2.05, 4.69) is 5.10 Å². The van der Waals surface area contributed by atoms with E-state index in [1.165, 1.54) is 12.1 Å². The Balaban J connectivity index is 1.57. The predicted molar refractivity (Wildman–Crippen MR) is 105 cm³/mol. The number of ether oxygens (including phenoxy) is 2. The summed E-state index contributed by atoms with van der Waals surface area (Å²) in [6.07, 6.45) is 2.16. The first-order chi connectivity index (χ1) is 13.5. The number of carbonyl (C=O) groups excluding carboxylic acids is 1. The summed E-state index contributed by atoms with van der Waals surface area (Å²) in [5.41, 5.74) is 2.50. The maximum atomic E-state index is 14.4. The lowest BCUT2D eigenvalue weighted by atomic mass is 10.1. The van der Waals surface area contributed by atoms with E-state index in [1.54, 1.807) is 6.07 Å². The SMILES string of the molecule is CC(C)n1nc(Cl)c2cc(COc3cc(F)c4c(c3)OCC(C=O)=C4)ccc21. The van der Waals surface area contributed by atoms with Crippen LogP contribution in [0.2, 0.25) is 5.15 Å². The van der Waals surface area contributed by atoms with Gasteiger partial charge in [-0.25, -0.2) is 4.39 Å². The highest BCUT2D eigenvalue weighted by atomic mass is 35.5. The predicted octanol–water partition coefficient (Wildman–Crippen LogP) is 4.96. The number of aromatic nitrogens is 2. The van der Waals surface area contributed by atoms with Crippen LogP contribution in [0.5, 0.6) is 11.5 Å². The zero-order valence-corrected chi connectivity index (χ0v) is 16.2. The molecule has 28 heavy (non-hydrogen) atoms. The van der Waals surface area contributed by atoms with Crippen LogP contribution < -0.4 is 9.47 Å². The van der Waals surface area contributed by atoms with Crippen molar-refractivity contribution in [2.75, 3.05) is 6.61 Å². The van der Waals surface area contributed by atoms with Crippen LogP contribution in [0.3, 0.4) is 0 Å². The van der Waals surface area contributed by atoms with E-state index in [9.17, 15) is 9.18 Å². The van der Waals surface area contributed by atoms with Crippen LogP contribution in [-0.4, -0.2) is 22.7 Å². The van der Waals surface area contributed by atoms with E-state index in [0.29, 0.717) is 28.5 Å². The molecule has 2 heterocycles. The molecule has 0 bridgehead atoms. The van der Waals surface area contributed by atoms with Crippen LogP contribution in [-0.2, 0) is 11.4 Å². The third-order valence-electron chi connectivity index (χ3n) is 4.56. The standard InChI is InChI=1S/C21H18ClFN2O3/c1-12(2)25-19-4-3-13(5-17(19)21(22)24-25)10-27-15-7-18(23)16-6-14(9-26)11-28-20(16)8-15/h3-9,12H,10-11H2,1-2H3. The van der Waals surface area contributed by atoms with E-state index < -0.39 is 5.82 Å². The van der Waals surface area contributed by atoms with Crippen molar-refractivity contribution >= 4 is 34.9 Å². The van der Waals surface area contributed by atoms with E-state index in [4.69, 9.17) is 21.1 Å². The molecule has 144 valence electrons. The molecule has 7 heteroatoms. The highest BCUT2D eigenvalue weighted by molar-refractivity contribution is 6.34. The third-order valence-corrected chi connectivity index (χ3v) is 4.84. The number of carbonyl (C=O) groups is 1. The molecule has 3 aromatic rings. The number of nitrogens with zero attached hydrogens (tertiary/aromatic N) is 2. The number of hydrogen-bond donors (Lipinski definition) is 0. The Morgan fingerprint density at radius 2 is 2.18 bits per heavy atom. The first-order valence-corrected chi connectivity index (χ1v) is 9.25. The fourth-order valence-electron chi connectivity index (χ4n) is 3.17. The number of rotatable bonds is 5. The Labute approximate surface area is 166 Å². The molecule has 0 radical (unpaired) electrons. The second kappa shape index (κ2) is 7.28. The average Bonchev–Trinajstić information content (AvgIpc) is 3.02. The van der Waals surface area contributed by atoms with Crippen molar-refractivity contribution in [3.63, 3.8) is 0 Å². The first-order valence-electron chi connectivity index (χ1n) is 8.88. The van der Waals surface area contributed by atoms with Gasteiger partial charge < -0.3 is 9.47 Å². The lowest BCUT2D eigenvalue weighted by Gasteiger charge is -2.17. The van der Waals surface area contributed by atoms with Crippen LogP contribution in [0.15, 0.2) is 35.9 Å². The zero-order chi connectivity index (χ0) is 19.8. The van der Waals surface area contributed by atoms with Crippen molar-refractivity contribution in [1.82, 2.24) is 9.78 Å². The highest BCUT2D eigenvalue weighted by Gasteiger charge is 2.17. The summed E-state index contributed by atoms with van der Waals surface area (Å²) in [5, 5.41) is 5.66. The lowest BCUT2D eigenvalue weighted by Crippen LogP contribution is -2.09. The molecule has 0 aliphatic carbocycles. The van der Waals surface area contributed by atoms with Crippen molar-refractivity contribution in [3.05, 3.63) is 58.0 Å². The quantitative estimate of drug-likeness (QED) is 0.568. The molecule has 2 aromatic carbocycles. The fourth-order valence-corrected chi connectivity index (χ4v) is 3.40. The van der Waals surface area contributed by atoms with Gasteiger partial charge in [0.15, 0.2) is 5.15 Å². The summed E-state index contributed by atoms with van der Waals surface area (Å²) >= 11 is 6.27. The highest BCUT2D eigenvalue weighted by Crippen LogP contribution is 2.33. The first kappa shape index (κ1) is 18.5. The monoisotopic (exact) mass is 400 g/mol. The molecule has 5 nitrogen and oxygen atoms in total. The van der Waals surface area contributed by atoms with Gasteiger partial charge in [0, 0.05) is 29.1 Å². The number of fused-ring (bicyclic) bond motifs is 2. The van der Waals surface area contributed by atoms with E-state index in [-0.39, 0.29) is 24.8 Å². The normalized spacial score (nSPS) is 13.2. The van der Waals surface area contributed by atoms with E-state index in [1.807, 2.05) is 36.7 Å². The van der Waals surface area contributed by atoms with Gasteiger partial charge in [-0.3, -0.25) is 9.48 Å². The summed E-state index contributed by atoms with van der Waals surface area (Å²) in [4.78, 5) is 10.9. The van der Waals surface area contributed by atoms with Gasteiger partial charge >= 0.3 is 0 Å². The van der Waals surface area contributed by atoms with Crippen LogP contribution in [0.1, 0.15) is 31.0 Å². The maximum absolute atomic E-state index is 14.4. The Morgan fingerprint density at radius 3 is 2.93 bits per heavy atom. The van der Waals surface area contributed by atoms with Crippen LogP contribution in [0.25, 0.3) is 17.0 Å². The zero-order valence-electron chi connectivity index (χ0n) is 15.4. The van der Waals surface area contributed by atoms with Gasteiger partial charge in [0.05, 0.1) is 11.1 Å². The Bertz CT molecular complexity index is 1100. The van der Waals surface area contributed by atoms with Crippen LogP contribution in [0.4, 0.5) is 4.39 Å². The number of aldehydes is 1. The molecule has 0 saturated heterocycles. The molecule has 0 unspecified atom stereocenters. The fraction of sp³-hybridized carbons (Fsp3) is 0.238. The minimum absolute atomic E-state index is 0.119. The van der Waals surface area contributed by atoms with Crippen molar-refractivity contribution in [2.24, 2.45) is 0 Å². The van der Waals surface area contributed by atoms with Gasteiger partial charge in [0.1, 0.15) is 36.8 Å². The second-order valence-electron chi connectivity index (χ2n) is 6.91. The number of hydrogen-bond acceptors (Lipinski definition) is 4. The van der Waals surface area contributed by atoms with Crippen molar-refractivity contribution in [3.8, 4) is 11.5 Å². The molecule has 0 atom stereocenters. The number of halogens is 2. The Morgan fingerprint density at radius 1 is 1.36 bits per heavy atom. The van der Waals surface area contributed by atoms with Gasteiger partial charge in [-0.2, -0.15) is 5.10 Å². The molecule has 0 saturated carbocycles. The Hall–Kier alpha value is -2.86. The van der Waals surface area contributed by atoms with Crippen molar-refractivity contribution in [2.45, 2.75) is 26.5 Å². The molecule has 1 aliphatic rings. The summed E-state index contributed by atoms with van der Waals surface area (Å²) < 4.78 is 27.4. The molecule has 1 aromatic heterocycles. The largest absolute Gasteiger partial charge is 0.489 e. The molecule has 0 spiro atoms.